The highest BCUT2D eigenvalue weighted by Gasteiger charge is 2.19. The predicted octanol–water partition coefficient (Wildman–Crippen LogP) is 4.81. The van der Waals surface area contributed by atoms with E-state index in [2.05, 4.69) is 32.7 Å². The molecule has 0 saturated carbocycles. The molecular weight excluding hydrogens is 404 g/mol. The third kappa shape index (κ3) is 5.35. The van der Waals surface area contributed by atoms with Gasteiger partial charge in [0.15, 0.2) is 0 Å². The highest BCUT2D eigenvalue weighted by Crippen LogP contribution is 2.25. The Labute approximate surface area is 179 Å². The molecule has 3 heterocycles. The van der Waals surface area contributed by atoms with Crippen LogP contribution in [-0.4, -0.2) is 30.0 Å². The first-order chi connectivity index (χ1) is 14.2. The molecule has 1 aromatic carbocycles. The summed E-state index contributed by atoms with van der Waals surface area (Å²) in [6.07, 6.45) is 5.42. The number of halogens is 1. The highest BCUT2D eigenvalue weighted by atomic mass is 35.5. The molecule has 0 atom stereocenters. The molecule has 0 unspecified atom stereocenters. The average molecular weight is 427 g/mol. The Hall–Kier alpha value is -2.41. The largest absolute Gasteiger partial charge is 0.371 e. The minimum atomic E-state index is -0.124. The van der Waals surface area contributed by atoms with Crippen LogP contribution in [0.2, 0.25) is 4.34 Å². The van der Waals surface area contributed by atoms with Crippen molar-refractivity contribution in [3.05, 3.63) is 75.7 Å². The monoisotopic (exact) mass is 426 g/mol. The highest BCUT2D eigenvalue weighted by molar-refractivity contribution is 7.16. The topological polar surface area (TPSA) is 57.3 Å². The van der Waals surface area contributed by atoms with Gasteiger partial charge in [-0.1, -0.05) is 17.7 Å². The van der Waals surface area contributed by atoms with Crippen molar-refractivity contribution < 1.29 is 4.79 Å². The van der Waals surface area contributed by atoms with Gasteiger partial charge in [-0.3, -0.25) is 9.78 Å². The van der Waals surface area contributed by atoms with E-state index in [1.165, 1.54) is 4.88 Å². The smallest absolute Gasteiger partial charge is 0.255 e. The molecule has 0 bridgehead atoms. The molecule has 1 fully saturated rings. The Bertz CT molecular complexity index is 954. The van der Waals surface area contributed by atoms with Crippen molar-refractivity contribution in [2.24, 2.45) is 0 Å². The third-order valence-corrected chi connectivity index (χ3v) is 6.33. The van der Waals surface area contributed by atoms with Crippen LogP contribution >= 0.6 is 22.9 Å². The second kappa shape index (κ2) is 9.39. The van der Waals surface area contributed by atoms with Crippen LogP contribution in [0.1, 0.15) is 28.1 Å². The van der Waals surface area contributed by atoms with Gasteiger partial charge in [-0.25, -0.2) is 0 Å². The fourth-order valence-corrected chi connectivity index (χ4v) is 4.56. The van der Waals surface area contributed by atoms with E-state index < -0.39 is 0 Å². The lowest BCUT2D eigenvalue weighted by molar-refractivity contribution is 0.102. The van der Waals surface area contributed by atoms with Gasteiger partial charge >= 0.3 is 0 Å². The number of nitrogens with one attached hydrogen (secondary N) is 2. The van der Waals surface area contributed by atoms with Gasteiger partial charge in [-0.05, 0) is 55.3 Å². The molecule has 3 aromatic rings. The first-order valence-electron chi connectivity index (χ1n) is 9.71. The van der Waals surface area contributed by atoms with Crippen molar-refractivity contribution in [3.63, 3.8) is 0 Å². The molecular formula is C22H23ClN4OS. The number of hydrogen-bond acceptors (Lipinski definition) is 5. The molecule has 4 rings (SSSR count). The number of pyridine rings is 1. The van der Waals surface area contributed by atoms with Crippen LogP contribution in [0.5, 0.6) is 0 Å². The van der Waals surface area contributed by atoms with Gasteiger partial charge in [0.25, 0.3) is 5.91 Å². The average Bonchev–Trinajstić information content (AvgIpc) is 3.18. The minimum Gasteiger partial charge on any atom is -0.371 e. The van der Waals surface area contributed by atoms with Crippen molar-refractivity contribution in [1.82, 2.24) is 10.3 Å². The molecule has 1 aliphatic rings. The van der Waals surface area contributed by atoms with E-state index in [-0.39, 0.29) is 5.91 Å². The number of carbonyl (C=O) groups is 1. The molecule has 2 N–H and O–H groups in total. The van der Waals surface area contributed by atoms with E-state index in [9.17, 15) is 4.79 Å². The summed E-state index contributed by atoms with van der Waals surface area (Å²) in [5, 5.41) is 6.61. The summed E-state index contributed by atoms with van der Waals surface area (Å²) < 4.78 is 0.840. The maximum Gasteiger partial charge on any atom is 0.255 e. The van der Waals surface area contributed by atoms with Gasteiger partial charge in [-0.2, -0.15) is 0 Å². The maximum absolute atomic E-state index is 12.4. The number of benzene rings is 1. The number of piperidine rings is 1. The van der Waals surface area contributed by atoms with Crippen LogP contribution in [0.25, 0.3) is 0 Å². The zero-order valence-corrected chi connectivity index (χ0v) is 17.5. The number of anilines is 2. The third-order valence-electron chi connectivity index (χ3n) is 5.10. The van der Waals surface area contributed by atoms with E-state index in [4.69, 9.17) is 11.6 Å². The van der Waals surface area contributed by atoms with E-state index >= 15 is 0 Å². The van der Waals surface area contributed by atoms with Crippen molar-refractivity contribution in [3.8, 4) is 0 Å². The molecule has 1 aliphatic heterocycles. The lowest BCUT2D eigenvalue weighted by Crippen LogP contribution is -2.42. The zero-order chi connectivity index (χ0) is 20.1. The summed E-state index contributed by atoms with van der Waals surface area (Å²) in [5.41, 5.74) is 2.55. The quantitative estimate of drug-likeness (QED) is 0.594. The Morgan fingerprint density at radius 2 is 1.93 bits per heavy atom. The van der Waals surface area contributed by atoms with E-state index in [1.54, 1.807) is 35.9 Å². The zero-order valence-electron chi connectivity index (χ0n) is 16.0. The van der Waals surface area contributed by atoms with Crippen LogP contribution < -0.4 is 15.5 Å². The van der Waals surface area contributed by atoms with Crippen LogP contribution in [-0.2, 0) is 6.54 Å². The number of nitrogens with zero attached hydrogens (tertiary/aromatic N) is 2. The fourth-order valence-electron chi connectivity index (χ4n) is 3.52. The van der Waals surface area contributed by atoms with Gasteiger partial charge in [0, 0.05) is 59.9 Å². The molecule has 1 amide bonds. The number of thiophene rings is 1. The second-order valence-corrected chi connectivity index (χ2v) is 8.89. The first kappa shape index (κ1) is 19.9. The molecule has 29 heavy (non-hydrogen) atoms. The summed E-state index contributed by atoms with van der Waals surface area (Å²) in [4.78, 5) is 20.0. The van der Waals surface area contributed by atoms with E-state index in [1.807, 2.05) is 24.3 Å². The van der Waals surface area contributed by atoms with Gasteiger partial charge in [0.1, 0.15) is 0 Å². The number of hydrogen-bond donors (Lipinski definition) is 2. The fraction of sp³-hybridized carbons (Fsp3) is 0.273. The summed E-state index contributed by atoms with van der Waals surface area (Å²) in [5.74, 6) is -0.124. The first-order valence-corrected chi connectivity index (χ1v) is 10.9. The standard InChI is InChI=1S/C22H23ClN4OS/c23-21-5-4-20(29-21)15-25-17-8-12-27(13-9-17)19-3-1-2-18(14-19)26-22(28)16-6-10-24-11-7-16/h1-7,10-11,14,17,25H,8-9,12-13,15H2,(H,26,28). The Balaban J connectivity index is 1.30. The summed E-state index contributed by atoms with van der Waals surface area (Å²) in [6.45, 7) is 2.85. The van der Waals surface area contributed by atoms with Crippen molar-refractivity contribution in [2.75, 3.05) is 23.3 Å². The van der Waals surface area contributed by atoms with E-state index in [0.29, 0.717) is 11.6 Å². The van der Waals surface area contributed by atoms with Crippen molar-refractivity contribution >= 4 is 40.2 Å². The number of rotatable bonds is 6. The number of aromatic nitrogens is 1. The Morgan fingerprint density at radius 1 is 1.14 bits per heavy atom. The van der Waals surface area contributed by atoms with E-state index in [0.717, 1.165) is 48.2 Å². The maximum atomic E-state index is 12.4. The van der Waals surface area contributed by atoms with Crippen LogP contribution in [0.4, 0.5) is 11.4 Å². The Kier molecular flexibility index (Phi) is 6.44. The molecule has 5 nitrogen and oxygen atoms in total. The number of amides is 1. The molecule has 150 valence electrons. The predicted molar refractivity (Wildman–Crippen MR) is 120 cm³/mol. The molecule has 2 aromatic heterocycles. The molecule has 0 aliphatic carbocycles. The lowest BCUT2D eigenvalue weighted by atomic mass is 10.0. The molecule has 7 heteroatoms. The lowest BCUT2D eigenvalue weighted by Gasteiger charge is -2.34. The summed E-state index contributed by atoms with van der Waals surface area (Å²) in [7, 11) is 0. The van der Waals surface area contributed by atoms with Gasteiger partial charge < -0.3 is 15.5 Å². The van der Waals surface area contributed by atoms with Gasteiger partial charge in [0.05, 0.1) is 4.34 Å². The van der Waals surface area contributed by atoms with Gasteiger partial charge in [-0.15, -0.1) is 11.3 Å². The van der Waals surface area contributed by atoms with Crippen molar-refractivity contribution in [1.29, 1.82) is 0 Å². The van der Waals surface area contributed by atoms with Crippen molar-refractivity contribution in [2.45, 2.75) is 25.4 Å². The second-order valence-electron chi connectivity index (χ2n) is 7.09. The Morgan fingerprint density at radius 3 is 2.66 bits per heavy atom. The summed E-state index contributed by atoms with van der Waals surface area (Å²) in [6, 6.07) is 16.0. The normalized spacial score (nSPS) is 14.7. The molecule has 0 radical (unpaired) electrons. The minimum absolute atomic E-state index is 0.124. The van der Waals surface area contributed by atoms with Crippen LogP contribution in [0.3, 0.4) is 0 Å². The summed E-state index contributed by atoms with van der Waals surface area (Å²) >= 11 is 7.64. The van der Waals surface area contributed by atoms with Crippen LogP contribution in [0, 0.1) is 0 Å². The van der Waals surface area contributed by atoms with Crippen LogP contribution in [0.15, 0.2) is 60.9 Å². The SMILES string of the molecule is O=C(Nc1cccc(N2CCC(NCc3ccc(Cl)s3)CC2)c1)c1ccncc1. The number of carbonyl (C=O) groups excluding carboxylic acids is 1. The molecule has 0 spiro atoms. The molecule has 1 saturated heterocycles. The van der Waals surface area contributed by atoms with Gasteiger partial charge in [0.2, 0.25) is 0 Å².